The van der Waals surface area contributed by atoms with Crippen molar-refractivity contribution >= 4 is 5.91 Å². The zero-order chi connectivity index (χ0) is 20.1. The molecule has 2 aliphatic rings. The Morgan fingerprint density at radius 2 is 2.00 bits per heavy atom. The number of halogens is 1. The zero-order valence-corrected chi connectivity index (χ0v) is 16.5. The molecule has 0 radical (unpaired) electrons. The van der Waals surface area contributed by atoms with Crippen molar-refractivity contribution in [1.29, 1.82) is 0 Å². The lowest BCUT2D eigenvalue weighted by atomic mass is 9.98. The summed E-state index contributed by atoms with van der Waals surface area (Å²) in [5.74, 6) is 0.420. The lowest BCUT2D eigenvalue weighted by Crippen LogP contribution is -2.44. The second-order valence-electron chi connectivity index (χ2n) is 7.94. The fourth-order valence-electron chi connectivity index (χ4n) is 4.64. The first kappa shape index (κ1) is 18.0. The van der Waals surface area contributed by atoms with E-state index >= 15 is 0 Å². The van der Waals surface area contributed by atoms with E-state index in [1.165, 1.54) is 12.1 Å². The molecule has 2 atom stereocenters. The lowest BCUT2D eigenvalue weighted by molar-refractivity contribution is -0.135. The van der Waals surface area contributed by atoms with Gasteiger partial charge in [0.25, 0.3) is 0 Å². The van der Waals surface area contributed by atoms with Crippen molar-refractivity contribution in [2.45, 2.75) is 51.7 Å². The molecule has 29 heavy (non-hydrogen) atoms. The van der Waals surface area contributed by atoms with E-state index in [0.29, 0.717) is 5.82 Å². The van der Waals surface area contributed by atoms with Gasteiger partial charge in [-0.3, -0.25) is 9.48 Å². The van der Waals surface area contributed by atoms with Crippen LogP contribution in [0.1, 0.15) is 41.5 Å². The molecule has 5 rings (SSSR count). The molecule has 1 fully saturated rings. The van der Waals surface area contributed by atoms with Crippen molar-refractivity contribution < 1.29 is 9.18 Å². The third-order valence-corrected chi connectivity index (χ3v) is 5.97. The summed E-state index contributed by atoms with van der Waals surface area (Å²) in [6.07, 6.45) is 4.47. The second-order valence-corrected chi connectivity index (χ2v) is 7.94. The molecule has 7 heteroatoms. The molecule has 0 spiro atoms. The molecule has 2 aromatic heterocycles. The number of hydrogen-bond donors (Lipinski definition) is 0. The molecule has 1 saturated heterocycles. The van der Waals surface area contributed by atoms with Crippen LogP contribution in [0.3, 0.4) is 0 Å². The molecule has 3 aromatic rings. The lowest BCUT2D eigenvalue weighted by Gasteiger charge is -2.35. The van der Waals surface area contributed by atoms with Crippen molar-refractivity contribution in [1.82, 2.24) is 24.6 Å². The van der Waals surface area contributed by atoms with Gasteiger partial charge in [0.15, 0.2) is 5.82 Å². The largest absolute Gasteiger partial charge is 0.331 e. The molecule has 4 heterocycles. The summed E-state index contributed by atoms with van der Waals surface area (Å²) in [5, 5.41) is 4.43. The van der Waals surface area contributed by atoms with Gasteiger partial charge in [-0.05, 0) is 57.0 Å². The van der Waals surface area contributed by atoms with Crippen molar-refractivity contribution in [3.8, 4) is 11.4 Å². The molecule has 2 aliphatic heterocycles. The third kappa shape index (κ3) is 3.10. The number of benzene rings is 1. The molecule has 0 aliphatic carbocycles. The van der Waals surface area contributed by atoms with Crippen LogP contribution in [0.5, 0.6) is 0 Å². The van der Waals surface area contributed by atoms with E-state index in [9.17, 15) is 9.18 Å². The maximum absolute atomic E-state index is 13.2. The van der Waals surface area contributed by atoms with E-state index in [2.05, 4.69) is 10.1 Å². The Morgan fingerprint density at radius 1 is 1.21 bits per heavy atom. The van der Waals surface area contributed by atoms with Crippen LogP contribution >= 0.6 is 0 Å². The standard InChI is InChI=1S/C22H22FN5O/c1-13-9-14(2)27(26-13)12-21(29)28-17-7-8-20(28)18-11-24-22(25-19(18)10-17)15-3-5-16(23)6-4-15/h3-6,9,11,17,20H,7-8,10,12H2,1-2H3. The zero-order valence-electron chi connectivity index (χ0n) is 16.5. The molecule has 2 bridgehead atoms. The van der Waals surface area contributed by atoms with Gasteiger partial charge in [0.2, 0.25) is 5.91 Å². The maximum Gasteiger partial charge on any atom is 0.245 e. The Morgan fingerprint density at radius 3 is 2.72 bits per heavy atom. The molecule has 0 N–H and O–H groups in total. The highest BCUT2D eigenvalue weighted by atomic mass is 19.1. The number of fused-ring (bicyclic) bond motifs is 4. The first-order chi connectivity index (χ1) is 14.0. The van der Waals surface area contributed by atoms with Crippen LogP contribution in [0.2, 0.25) is 0 Å². The molecular formula is C22H22FN5O. The molecule has 6 nitrogen and oxygen atoms in total. The van der Waals surface area contributed by atoms with Crippen molar-refractivity contribution in [2.75, 3.05) is 0 Å². The average molecular weight is 391 g/mol. The van der Waals surface area contributed by atoms with Gasteiger partial charge in [-0.15, -0.1) is 0 Å². The predicted molar refractivity (Wildman–Crippen MR) is 105 cm³/mol. The summed E-state index contributed by atoms with van der Waals surface area (Å²) in [6, 6.07) is 8.39. The number of aryl methyl sites for hydroxylation is 2. The summed E-state index contributed by atoms with van der Waals surface area (Å²) in [7, 11) is 0. The molecule has 1 amide bonds. The van der Waals surface area contributed by atoms with Gasteiger partial charge in [0.1, 0.15) is 12.4 Å². The third-order valence-electron chi connectivity index (χ3n) is 5.97. The normalized spacial score (nSPS) is 20.0. The van der Waals surface area contributed by atoms with Crippen LogP contribution < -0.4 is 0 Å². The van der Waals surface area contributed by atoms with Gasteiger partial charge in [-0.1, -0.05) is 0 Å². The minimum atomic E-state index is -0.276. The van der Waals surface area contributed by atoms with Gasteiger partial charge >= 0.3 is 0 Å². The monoisotopic (exact) mass is 391 g/mol. The number of amides is 1. The van der Waals surface area contributed by atoms with Gasteiger partial charge in [-0.25, -0.2) is 14.4 Å². The smallest absolute Gasteiger partial charge is 0.245 e. The predicted octanol–water partition coefficient (Wildman–Crippen LogP) is 3.38. The number of nitrogens with zero attached hydrogens (tertiary/aromatic N) is 5. The number of carbonyl (C=O) groups excluding carboxylic acids is 1. The summed E-state index contributed by atoms with van der Waals surface area (Å²) in [6.45, 7) is 4.17. The van der Waals surface area contributed by atoms with Gasteiger partial charge in [0.05, 0.1) is 17.4 Å². The molecule has 1 aromatic carbocycles. The maximum atomic E-state index is 13.2. The Hall–Kier alpha value is -3.09. The van der Waals surface area contributed by atoms with Gasteiger partial charge < -0.3 is 4.90 Å². The Bertz CT molecular complexity index is 1090. The molecular weight excluding hydrogens is 369 g/mol. The quantitative estimate of drug-likeness (QED) is 0.687. The van der Waals surface area contributed by atoms with E-state index in [4.69, 9.17) is 4.98 Å². The Balaban J connectivity index is 1.42. The average Bonchev–Trinajstić information content (AvgIpc) is 3.19. The minimum absolute atomic E-state index is 0.0236. The SMILES string of the molecule is Cc1cc(C)n(CC(=O)N2C3CCC2c2cnc(-c4ccc(F)cc4)nc2C3)n1. The number of rotatable bonds is 3. The summed E-state index contributed by atoms with van der Waals surface area (Å²) >= 11 is 0. The van der Waals surface area contributed by atoms with Crippen LogP contribution in [0, 0.1) is 19.7 Å². The van der Waals surface area contributed by atoms with Crippen LogP contribution in [0.25, 0.3) is 11.4 Å². The highest BCUT2D eigenvalue weighted by molar-refractivity contribution is 5.78. The van der Waals surface area contributed by atoms with Crippen LogP contribution in [-0.4, -0.2) is 36.6 Å². The van der Waals surface area contributed by atoms with E-state index in [1.807, 2.05) is 31.0 Å². The first-order valence-electron chi connectivity index (χ1n) is 9.93. The summed E-state index contributed by atoms with van der Waals surface area (Å²) in [4.78, 5) is 24.4. The molecule has 148 valence electrons. The topological polar surface area (TPSA) is 63.9 Å². The number of aromatic nitrogens is 4. The van der Waals surface area contributed by atoms with Crippen molar-refractivity contribution in [3.63, 3.8) is 0 Å². The summed E-state index contributed by atoms with van der Waals surface area (Å²) < 4.78 is 15.0. The first-order valence-corrected chi connectivity index (χ1v) is 9.93. The number of carbonyl (C=O) groups is 1. The minimum Gasteiger partial charge on any atom is -0.331 e. The highest BCUT2D eigenvalue weighted by Crippen LogP contribution is 2.43. The molecule has 0 saturated carbocycles. The second kappa shape index (κ2) is 6.76. The number of hydrogen-bond acceptors (Lipinski definition) is 4. The fourth-order valence-corrected chi connectivity index (χ4v) is 4.64. The summed E-state index contributed by atoms with van der Waals surface area (Å²) in [5.41, 5.74) is 4.75. The van der Waals surface area contributed by atoms with Gasteiger partial charge in [0, 0.05) is 35.5 Å². The highest BCUT2D eigenvalue weighted by Gasteiger charge is 2.43. The van der Waals surface area contributed by atoms with Crippen molar-refractivity contribution in [2.24, 2.45) is 0 Å². The van der Waals surface area contributed by atoms with E-state index in [0.717, 1.165) is 47.5 Å². The van der Waals surface area contributed by atoms with E-state index in [1.54, 1.807) is 16.8 Å². The fraction of sp³-hybridized carbons (Fsp3) is 0.364. The van der Waals surface area contributed by atoms with E-state index in [-0.39, 0.29) is 30.4 Å². The van der Waals surface area contributed by atoms with Crippen LogP contribution in [0.4, 0.5) is 4.39 Å². The molecule has 2 unspecified atom stereocenters. The van der Waals surface area contributed by atoms with Crippen LogP contribution in [-0.2, 0) is 17.8 Å². The van der Waals surface area contributed by atoms with Gasteiger partial charge in [-0.2, -0.15) is 5.10 Å². The van der Waals surface area contributed by atoms with E-state index < -0.39 is 0 Å². The van der Waals surface area contributed by atoms with Crippen molar-refractivity contribution in [3.05, 3.63) is 65.0 Å². The Kier molecular flexibility index (Phi) is 4.19. The Labute approximate surface area is 168 Å². The van der Waals surface area contributed by atoms with Crippen LogP contribution in [0.15, 0.2) is 36.5 Å².